The molecule has 0 aromatic heterocycles. The predicted octanol–water partition coefficient (Wildman–Crippen LogP) is 2.15. The van der Waals surface area contributed by atoms with Crippen LogP contribution >= 0.6 is 15.9 Å². The molecule has 1 aliphatic rings. The lowest BCUT2D eigenvalue weighted by Gasteiger charge is -1.98. The molecule has 6 heteroatoms. The summed E-state index contributed by atoms with van der Waals surface area (Å²) in [6.07, 6.45) is 0. The van der Waals surface area contributed by atoms with Crippen molar-refractivity contribution in [1.82, 2.24) is 0 Å². The van der Waals surface area contributed by atoms with Gasteiger partial charge in [-0.1, -0.05) is 33.2 Å². The van der Waals surface area contributed by atoms with Gasteiger partial charge in [0.05, 0.1) is 5.56 Å². The standard InChI is InChI=1S/C11H11BrN2O3/c1-15-13-10-8-4-2-3-5-9(8)17-11(10)14-16-7-6-12/h2-5H,6-7H2,1H3. The number of hydrogen-bond donors (Lipinski definition) is 0. The molecule has 1 aliphatic heterocycles. The van der Waals surface area contributed by atoms with Gasteiger partial charge >= 0.3 is 0 Å². The van der Waals surface area contributed by atoms with Gasteiger partial charge in [-0.05, 0) is 17.3 Å². The Kier molecular flexibility index (Phi) is 3.98. The molecule has 0 bridgehead atoms. The van der Waals surface area contributed by atoms with Gasteiger partial charge in [0.1, 0.15) is 19.5 Å². The molecule has 0 amide bonds. The van der Waals surface area contributed by atoms with Gasteiger partial charge in [-0.3, -0.25) is 0 Å². The van der Waals surface area contributed by atoms with E-state index in [1.807, 2.05) is 24.3 Å². The number of alkyl halides is 1. The van der Waals surface area contributed by atoms with Crippen LogP contribution in [-0.2, 0) is 9.68 Å². The average molecular weight is 299 g/mol. The molecule has 1 aromatic rings. The minimum absolute atomic E-state index is 0.314. The summed E-state index contributed by atoms with van der Waals surface area (Å²) in [5.74, 6) is 1.01. The fourth-order valence-electron chi connectivity index (χ4n) is 1.40. The number of ether oxygens (including phenoxy) is 1. The minimum Gasteiger partial charge on any atom is -0.434 e. The van der Waals surface area contributed by atoms with Gasteiger partial charge in [0.25, 0.3) is 5.90 Å². The van der Waals surface area contributed by atoms with Crippen molar-refractivity contribution in [3.8, 4) is 5.75 Å². The highest BCUT2D eigenvalue weighted by Crippen LogP contribution is 2.26. The SMILES string of the molecule is CON=C1C(=NOCCBr)Oc2ccccc21. The number of fused-ring (bicyclic) bond motifs is 1. The third kappa shape index (κ3) is 2.58. The Hall–Kier alpha value is -1.56. The first-order chi connectivity index (χ1) is 8.36. The van der Waals surface area contributed by atoms with Crippen LogP contribution in [0.2, 0.25) is 0 Å². The number of para-hydroxylation sites is 1. The smallest absolute Gasteiger partial charge is 0.286 e. The van der Waals surface area contributed by atoms with Gasteiger partial charge in [-0.15, -0.1) is 0 Å². The number of benzene rings is 1. The second-order valence-electron chi connectivity index (χ2n) is 3.14. The zero-order chi connectivity index (χ0) is 12.1. The molecule has 0 aliphatic carbocycles. The third-order valence-electron chi connectivity index (χ3n) is 2.05. The topological polar surface area (TPSA) is 52.4 Å². The molecule has 1 heterocycles. The van der Waals surface area contributed by atoms with Crippen molar-refractivity contribution in [2.24, 2.45) is 10.3 Å². The summed E-state index contributed by atoms with van der Waals surface area (Å²) < 4.78 is 5.52. The van der Waals surface area contributed by atoms with Crippen LogP contribution in [0.1, 0.15) is 5.56 Å². The molecule has 2 rings (SSSR count). The number of halogens is 1. The molecule has 0 spiro atoms. The highest BCUT2D eigenvalue weighted by Gasteiger charge is 2.28. The largest absolute Gasteiger partial charge is 0.434 e. The third-order valence-corrected chi connectivity index (χ3v) is 2.37. The lowest BCUT2D eigenvalue weighted by atomic mass is 10.1. The van der Waals surface area contributed by atoms with Gasteiger partial charge in [0.15, 0.2) is 5.71 Å². The first-order valence-electron chi connectivity index (χ1n) is 5.01. The molecule has 0 N–H and O–H groups in total. The first kappa shape index (κ1) is 11.9. The van der Waals surface area contributed by atoms with Crippen LogP contribution in [-0.4, -0.2) is 30.7 Å². The molecule has 0 unspecified atom stereocenters. The van der Waals surface area contributed by atoms with E-state index in [2.05, 4.69) is 26.2 Å². The Balaban J connectivity index is 2.27. The maximum absolute atomic E-state index is 5.52. The van der Waals surface area contributed by atoms with Crippen LogP contribution in [0.3, 0.4) is 0 Å². The zero-order valence-electron chi connectivity index (χ0n) is 9.22. The highest BCUT2D eigenvalue weighted by molar-refractivity contribution is 9.09. The minimum atomic E-state index is 0.314. The molecule has 17 heavy (non-hydrogen) atoms. The van der Waals surface area contributed by atoms with E-state index < -0.39 is 0 Å². The first-order valence-corrected chi connectivity index (χ1v) is 6.13. The predicted molar refractivity (Wildman–Crippen MR) is 67.8 cm³/mol. The monoisotopic (exact) mass is 298 g/mol. The molecular formula is C11H11BrN2O3. The van der Waals surface area contributed by atoms with E-state index in [4.69, 9.17) is 14.4 Å². The maximum atomic E-state index is 5.52. The molecule has 5 nitrogen and oxygen atoms in total. The van der Waals surface area contributed by atoms with Crippen LogP contribution in [0.4, 0.5) is 0 Å². The van der Waals surface area contributed by atoms with Gasteiger partial charge in [-0.25, -0.2) is 0 Å². The summed E-state index contributed by atoms with van der Waals surface area (Å²) in [5, 5.41) is 8.48. The maximum Gasteiger partial charge on any atom is 0.286 e. The van der Waals surface area contributed by atoms with Crippen molar-refractivity contribution < 1.29 is 14.4 Å². The summed E-state index contributed by atoms with van der Waals surface area (Å²) in [4.78, 5) is 9.84. The lowest BCUT2D eigenvalue weighted by molar-refractivity contribution is 0.157. The van der Waals surface area contributed by atoms with E-state index in [9.17, 15) is 0 Å². The average Bonchev–Trinajstić information content (AvgIpc) is 2.69. The van der Waals surface area contributed by atoms with E-state index in [1.54, 1.807) is 0 Å². The van der Waals surface area contributed by atoms with Crippen molar-refractivity contribution in [2.75, 3.05) is 19.0 Å². The number of hydrogen-bond acceptors (Lipinski definition) is 5. The van der Waals surface area contributed by atoms with Crippen molar-refractivity contribution in [1.29, 1.82) is 0 Å². The van der Waals surface area contributed by atoms with E-state index in [0.29, 0.717) is 29.3 Å². The summed E-state index contributed by atoms with van der Waals surface area (Å²) >= 11 is 3.24. The highest BCUT2D eigenvalue weighted by atomic mass is 79.9. The zero-order valence-corrected chi connectivity index (χ0v) is 10.8. The Morgan fingerprint density at radius 1 is 1.29 bits per heavy atom. The van der Waals surface area contributed by atoms with Crippen molar-refractivity contribution >= 4 is 27.5 Å². The Morgan fingerprint density at radius 3 is 2.88 bits per heavy atom. The van der Waals surface area contributed by atoms with Crippen LogP contribution in [0.5, 0.6) is 5.75 Å². The Bertz CT molecular complexity index is 460. The molecule has 0 radical (unpaired) electrons. The van der Waals surface area contributed by atoms with Crippen molar-refractivity contribution in [3.05, 3.63) is 29.8 Å². The van der Waals surface area contributed by atoms with Gasteiger partial charge < -0.3 is 14.4 Å². The summed E-state index contributed by atoms with van der Waals surface area (Å²) in [6.45, 7) is 0.462. The molecule has 0 saturated carbocycles. The number of rotatable bonds is 4. The molecule has 0 atom stereocenters. The van der Waals surface area contributed by atoms with Gasteiger partial charge in [-0.2, -0.15) is 0 Å². The van der Waals surface area contributed by atoms with E-state index in [1.165, 1.54) is 7.11 Å². The second kappa shape index (κ2) is 5.67. The summed E-state index contributed by atoms with van der Waals surface area (Å²) in [6, 6.07) is 7.51. The van der Waals surface area contributed by atoms with Gasteiger partial charge in [0.2, 0.25) is 0 Å². The molecule has 0 fully saturated rings. The van der Waals surface area contributed by atoms with Crippen LogP contribution in [0.15, 0.2) is 34.6 Å². The molecule has 0 saturated heterocycles. The fraction of sp³-hybridized carbons (Fsp3) is 0.273. The van der Waals surface area contributed by atoms with Gasteiger partial charge in [0, 0.05) is 5.33 Å². The molecule has 1 aromatic carbocycles. The lowest BCUT2D eigenvalue weighted by Crippen LogP contribution is -2.14. The van der Waals surface area contributed by atoms with Crippen molar-refractivity contribution in [3.63, 3.8) is 0 Å². The summed E-state index contributed by atoms with van der Waals surface area (Å²) in [7, 11) is 1.48. The fourth-order valence-corrected chi connectivity index (χ4v) is 1.54. The Labute approximate surface area is 107 Å². The van der Waals surface area contributed by atoms with Crippen LogP contribution in [0.25, 0.3) is 0 Å². The number of nitrogens with zero attached hydrogens (tertiary/aromatic N) is 2. The van der Waals surface area contributed by atoms with Crippen LogP contribution < -0.4 is 4.74 Å². The second-order valence-corrected chi connectivity index (χ2v) is 3.93. The van der Waals surface area contributed by atoms with E-state index in [0.717, 1.165) is 5.56 Å². The molecule has 90 valence electrons. The molecular weight excluding hydrogens is 288 g/mol. The Morgan fingerprint density at radius 2 is 2.12 bits per heavy atom. The number of oxime groups is 2. The van der Waals surface area contributed by atoms with E-state index in [-0.39, 0.29) is 0 Å². The normalized spacial score (nSPS) is 18.0. The van der Waals surface area contributed by atoms with E-state index >= 15 is 0 Å². The summed E-state index contributed by atoms with van der Waals surface area (Å²) in [5.41, 5.74) is 1.38. The van der Waals surface area contributed by atoms with Crippen molar-refractivity contribution in [2.45, 2.75) is 0 Å². The van der Waals surface area contributed by atoms with Crippen LogP contribution in [0, 0.1) is 0 Å². The quantitative estimate of drug-likeness (QED) is 0.486.